The third kappa shape index (κ3) is 4.19. The summed E-state index contributed by atoms with van der Waals surface area (Å²) < 4.78 is 0. The van der Waals surface area contributed by atoms with Gasteiger partial charge in [0.2, 0.25) is 0 Å². The molecule has 0 unspecified atom stereocenters. The Hall–Kier alpha value is -1.58. The number of anilines is 1. The molecule has 0 heterocycles. The lowest BCUT2D eigenvalue weighted by Crippen LogP contribution is -2.31. The largest absolute Gasteiger partial charge is 0.356 e. The fourth-order valence-electron chi connectivity index (χ4n) is 2.22. The Kier molecular flexibility index (Phi) is 5.21. The third-order valence-corrected chi connectivity index (χ3v) is 3.92. The number of halogens is 1. The van der Waals surface area contributed by atoms with Crippen molar-refractivity contribution in [1.29, 1.82) is 0 Å². The molecular weight excluding hydrogens is 300 g/mol. The highest BCUT2D eigenvalue weighted by Gasteiger charge is 2.10. The van der Waals surface area contributed by atoms with E-state index < -0.39 is 0 Å². The molecule has 0 saturated heterocycles. The average Bonchev–Trinajstić information content (AvgIpc) is 2.44. The first-order valence-electron chi connectivity index (χ1n) is 6.86. The van der Waals surface area contributed by atoms with Gasteiger partial charge in [0.1, 0.15) is 0 Å². The van der Waals surface area contributed by atoms with E-state index in [1.165, 1.54) is 16.7 Å². The van der Waals surface area contributed by atoms with E-state index in [1.54, 1.807) is 0 Å². The summed E-state index contributed by atoms with van der Waals surface area (Å²) in [7, 11) is 0. The molecule has 0 radical (unpaired) electrons. The van der Waals surface area contributed by atoms with Crippen LogP contribution < -0.4 is 10.6 Å². The second-order valence-corrected chi connectivity index (χ2v) is 5.98. The lowest BCUT2D eigenvalue weighted by molar-refractivity contribution is 0.716. The van der Waals surface area contributed by atoms with Crippen LogP contribution in [0, 0.1) is 13.8 Å². The van der Waals surface area contributed by atoms with Gasteiger partial charge in [0.05, 0.1) is 16.8 Å². The monoisotopic (exact) mass is 318 g/mol. The zero-order valence-electron chi connectivity index (χ0n) is 12.4. The predicted octanol–water partition coefficient (Wildman–Crippen LogP) is 5.00. The number of aryl methyl sites for hydroxylation is 2. The fraction of sp³-hybridized carbons (Fsp3) is 0.235. The van der Waals surface area contributed by atoms with Crippen LogP contribution in [0.2, 0.25) is 5.02 Å². The zero-order valence-corrected chi connectivity index (χ0v) is 14.0. The van der Waals surface area contributed by atoms with Gasteiger partial charge in [-0.25, -0.2) is 0 Å². The molecule has 0 bridgehead atoms. The summed E-state index contributed by atoms with van der Waals surface area (Å²) in [5.74, 6) is 0. The van der Waals surface area contributed by atoms with Crippen LogP contribution in [0.1, 0.15) is 29.7 Å². The van der Waals surface area contributed by atoms with Crippen LogP contribution in [0.4, 0.5) is 5.69 Å². The van der Waals surface area contributed by atoms with Gasteiger partial charge >= 0.3 is 0 Å². The first kappa shape index (κ1) is 15.8. The van der Waals surface area contributed by atoms with Crippen molar-refractivity contribution in [1.82, 2.24) is 5.32 Å². The van der Waals surface area contributed by atoms with Crippen molar-refractivity contribution in [3.63, 3.8) is 0 Å². The van der Waals surface area contributed by atoms with E-state index in [0.29, 0.717) is 10.1 Å². The second kappa shape index (κ2) is 6.92. The first-order chi connectivity index (χ1) is 9.97. The van der Waals surface area contributed by atoms with Gasteiger partial charge in [-0.15, -0.1) is 0 Å². The molecule has 4 heteroatoms. The SMILES string of the molecule is Cc1ccc(C)c([C@@H](C)NC(=S)Nc2ccccc2Cl)c1. The van der Waals surface area contributed by atoms with Crippen LogP contribution in [0.5, 0.6) is 0 Å². The molecular formula is C17H19ClN2S. The molecule has 2 nitrogen and oxygen atoms in total. The van der Waals surface area contributed by atoms with Gasteiger partial charge in [0.25, 0.3) is 0 Å². The minimum absolute atomic E-state index is 0.132. The van der Waals surface area contributed by atoms with E-state index in [4.69, 9.17) is 23.8 Å². The predicted molar refractivity (Wildman–Crippen MR) is 95.1 cm³/mol. The lowest BCUT2D eigenvalue weighted by Gasteiger charge is -2.20. The number of hydrogen-bond acceptors (Lipinski definition) is 1. The second-order valence-electron chi connectivity index (χ2n) is 5.16. The van der Waals surface area contributed by atoms with Crippen LogP contribution in [0.25, 0.3) is 0 Å². The molecule has 0 fully saturated rings. The maximum atomic E-state index is 6.12. The highest BCUT2D eigenvalue weighted by molar-refractivity contribution is 7.80. The Bertz CT molecular complexity index is 655. The van der Waals surface area contributed by atoms with Gasteiger partial charge in [-0.05, 0) is 56.2 Å². The Morgan fingerprint density at radius 3 is 2.57 bits per heavy atom. The van der Waals surface area contributed by atoms with E-state index in [9.17, 15) is 0 Å². The number of rotatable bonds is 3. The van der Waals surface area contributed by atoms with Crippen LogP contribution in [0.3, 0.4) is 0 Å². The topological polar surface area (TPSA) is 24.1 Å². The molecule has 0 saturated carbocycles. The quantitative estimate of drug-likeness (QED) is 0.778. The van der Waals surface area contributed by atoms with Gasteiger partial charge in [0, 0.05) is 0 Å². The zero-order chi connectivity index (χ0) is 15.4. The molecule has 110 valence electrons. The maximum absolute atomic E-state index is 6.12. The van der Waals surface area contributed by atoms with Gasteiger partial charge in [-0.2, -0.15) is 0 Å². The van der Waals surface area contributed by atoms with Crippen molar-refractivity contribution >= 4 is 34.6 Å². The van der Waals surface area contributed by atoms with Crippen molar-refractivity contribution in [2.45, 2.75) is 26.8 Å². The molecule has 0 amide bonds. The van der Waals surface area contributed by atoms with Crippen LogP contribution in [0.15, 0.2) is 42.5 Å². The highest BCUT2D eigenvalue weighted by Crippen LogP contribution is 2.22. The van der Waals surface area contributed by atoms with E-state index in [-0.39, 0.29) is 6.04 Å². The molecule has 2 aromatic carbocycles. The Morgan fingerprint density at radius 1 is 1.14 bits per heavy atom. The van der Waals surface area contributed by atoms with Gasteiger partial charge in [-0.3, -0.25) is 0 Å². The number of benzene rings is 2. The fourth-order valence-corrected chi connectivity index (χ4v) is 2.69. The standard InChI is InChI=1S/C17H19ClN2S/c1-11-8-9-12(2)14(10-11)13(3)19-17(21)20-16-7-5-4-6-15(16)18/h4-10,13H,1-3H3,(H2,19,20,21)/t13-/m1/s1. The van der Waals surface area contributed by atoms with E-state index >= 15 is 0 Å². The smallest absolute Gasteiger partial charge is 0.171 e. The molecule has 0 aromatic heterocycles. The van der Waals surface area contributed by atoms with Crippen LogP contribution in [-0.2, 0) is 0 Å². The molecule has 2 N–H and O–H groups in total. The third-order valence-electron chi connectivity index (χ3n) is 3.37. The number of hydrogen-bond donors (Lipinski definition) is 2. The summed E-state index contributed by atoms with van der Waals surface area (Å²) in [6, 6.07) is 14.1. The Labute approximate surface area is 136 Å². The summed E-state index contributed by atoms with van der Waals surface area (Å²) in [6.45, 7) is 6.30. The minimum Gasteiger partial charge on any atom is -0.356 e. The van der Waals surface area contributed by atoms with Crippen molar-refractivity contribution in [2.24, 2.45) is 0 Å². The van der Waals surface area contributed by atoms with Gasteiger partial charge in [0.15, 0.2) is 5.11 Å². The molecule has 0 aliphatic heterocycles. The molecule has 21 heavy (non-hydrogen) atoms. The lowest BCUT2D eigenvalue weighted by atomic mass is 10.0. The summed E-state index contributed by atoms with van der Waals surface area (Å²) in [6.07, 6.45) is 0. The Morgan fingerprint density at radius 2 is 1.86 bits per heavy atom. The molecule has 2 aromatic rings. The van der Waals surface area contributed by atoms with Crippen molar-refractivity contribution in [2.75, 3.05) is 5.32 Å². The van der Waals surface area contributed by atoms with Gasteiger partial charge < -0.3 is 10.6 Å². The molecule has 0 spiro atoms. The van der Waals surface area contributed by atoms with Crippen molar-refractivity contribution < 1.29 is 0 Å². The van der Waals surface area contributed by atoms with E-state index in [2.05, 4.69) is 49.6 Å². The Balaban J connectivity index is 2.06. The number of para-hydroxylation sites is 1. The summed E-state index contributed by atoms with van der Waals surface area (Å²) in [5.41, 5.74) is 4.55. The van der Waals surface area contributed by atoms with Gasteiger partial charge in [-0.1, -0.05) is 47.5 Å². The molecule has 2 rings (SSSR count). The summed E-state index contributed by atoms with van der Waals surface area (Å²) >= 11 is 11.5. The molecule has 0 aliphatic carbocycles. The van der Waals surface area contributed by atoms with Crippen LogP contribution in [-0.4, -0.2) is 5.11 Å². The van der Waals surface area contributed by atoms with E-state index in [1.807, 2.05) is 24.3 Å². The maximum Gasteiger partial charge on any atom is 0.171 e. The van der Waals surface area contributed by atoms with Crippen molar-refractivity contribution in [3.05, 3.63) is 64.2 Å². The number of nitrogens with one attached hydrogen (secondary N) is 2. The van der Waals surface area contributed by atoms with Crippen molar-refractivity contribution in [3.8, 4) is 0 Å². The van der Waals surface area contributed by atoms with Crippen LogP contribution >= 0.6 is 23.8 Å². The highest BCUT2D eigenvalue weighted by atomic mass is 35.5. The minimum atomic E-state index is 0.132. The first-order valence-corrected chi connectivity index (χ1v) is 7.65. The average molecular weight is 319 g/mol. The molecule has 1 atom stereocenters. The molecule has 0 aliphatic rings. The van der Waals surface area contributed by atoms with E-state index in [0.717, 1.165) is 5.69 Å². The number of thiocarbonyl (C=S) groups is 1. The normalized spacial score (nSPS) is 11.8. The summed E-state index contributed by atoms with van der Waals surface area (Å²) in [4.78, 5) is 0. The summed E-state index contributed by atoms with van der Waals surface area (Å²) in [5, 5.41) is 7.65.